The molecule has 1 aliphatic heterocycles. The van der Waals surface area contributed by atoms with Gasteiger partial charge in [-0.05, 0) is 38.5 Å². The number of nitrogens with zero attached hydrogens (tertiary/aromatic N) is 1. The summed E-state index contributed by atoms with van der Waals surface area (Å²) in [5, 5.41) is 12.4. The second-order valence-corrected chi connectivity index (χ2v) is 7.41. The van der Waals surface area contributed by atoms with Gasteiger partial charge in [-0.25, -0.2) is 0 Å². The lowest BCUT2D eigenvalue weighted by Crippen LogP contribution is -2.45. The number of hydrogen-bond acceptors (Lipinski definition) is 3. The molecule has 0 spiro atoms. The van der Waals surface area contributed by atoms with Crippen LogP contribution in [0, 0.1) is 17.3 Å². The average molecular weight is 308 g/mol. The zero-order chi connectivity index (χ0) is 15.6. The molecule has 0 aromatic rings. The van der Waals surface area contributed by atoms with Crippen molar-refractivity contribution in [2.75, 3.05) is 26.2 Å². The Morgan fingerprint density at radius 1 is 1.05 bits per heavy atom. The summed E-state index contributed by atoms with van der Waals surface area (Å²) < 4.78 is 0. The molecule has 2 unspecified atom stereocenters. The molecule has 0 bridgehead atoms. The van der Waals surface area contributed by atoms with Crippen LogP contribution in [0.3, 0.4) is 0 Å². The van der Waals surface area contributed by atoms with Crippen molar-refractivity contribution in [3.8, 4) is 0 Å². The minimum absolute atomic E-state index is 0.0250. The molecule has 0 aromatic heterocycles. The Labute approximate surface area is 132 Å². The van der Waals surface area contributed by atoms with Crippen LogP contribution in [0.15, 0.2) is 0 Å². The molecule has 5 nitrogen and oxygen atoms in total. The molecule has 3 aliphatic rings. The largest absolute Gasteiger partial charge is 0.396 e. The van der Waals surface area contributed by atoms with Crippen LogP contribution in [0.4, 0.5) is 0 Å². The van der Waals surface area contributed by atoms with E-state index in [1.165, 1.54) is 0 Å². The summed E-state index contributed by atoms with van der Waals surface area (Å²) in [5.41, 5.74) is -0.0706. The summed E-state index contributed by atoms with van der Waals surface area (Å²) in [4.78, 5) is 27.2. The van der Waals surface area contributed by atoms with Crippen molar-refractivity contribution in [1.82, 2.24) is 10.2 Å². The summed E-state index contributed by atoms with van der Waals surface area (Å²) in [7, 11) is 0. The Morgan fingerprint density at radius 3 is 2.27 bits per heavy atom. The highest BCUT2D eigenvalue weighted by Crippen LogP contribution is 2.44. The molecule has 0 aromatic carbocycles. The van der Waals surface area contributed by atoms with Gasteiger partial charge in [-0.2, -0.15) is 0 Å². The van der Waals surface area contributed by atoms with E-state index in [-0.39, 0.29) is 35.7 Å². The lowest BCUT2D eigenvalue weighted by molar-refractivity contribution is -0.143. The fourth-order valence-electron chi connectivity index (χ4n) is 3.89. The molecule has 1 heterocycles. The number of nitrogens with one attached hydrogen (secondary N) is 1. The lowest BCUT2D eigenvalue weighted by atomic mass is 9.77. The monoisotopic (exact) mass is 308 g/mol. The van der Waals surface area contributed by atoms with E-state index in [9.17, 15) is 14.7 Å². The molecule has 3 fully saturated rings. The Hall–Kier alpha value is -1.10. The van der Waals surface area contributed by atoms with Gasteiger partial charge in [0.15, 0.2) is 0 Å². The van der Waals surface area contributed by atoms with E-state index in [0.717, 1.165) is 64.5 Å². The highest BCUT2D eigenvalue weighted by atomic mass is 16.3. The number of aliphatic hydroxyl groups excluding tert-OH is 1. The van der Waals surface area contributed by atoms with Gasteiger partial charge in [0.1, 0.15) is 0 Å². The summed E-state index contributed by atoms with van der Waals surface area (Å²) in [6.07, 6.45) is 7.92. The number of rotatable bonds is 5. The van der Waals surface area contributed by atoms with Crippen LogP contribution in [0.2, 0.25) is 0 Å². The Balaban J connectivity index is 1.58. The average Bonchev–Trinajstić information content (AvgIpc) is 3.14. The second kappa shape index (κ2) is 6.57. The summed E-state index contributed by atoms with van der Waals surface area (Å²) in [5.74, 6) is -0.0786. The minimum atomic E-state index is -0.170. The maximum atomic E-state index is 12.7. The number of carbonyl (C=O) groups is 2. The van der Waals surface area contributed by atoms with E-state index < -0.39 is 0 Å². The molecule has 2 N–H and O–H groups in total. The van der Waals surface area contributed by atoms with Gasteiger partial charge in [0.25, 0.3) is 0 Å². The first-order valence-corrected chi connectivity index (χ1v) is 8.83. The molecule has 124 valence electrons. The van der Waals surface area contributed by atoms with Crippen molar-refractivity contribution >= 4 is 11.8 Å². The molecule has 2 atom stereocenters. The van der Waals surface area contributed by atoms with Gasteiger partial charge in [0.2, 0.25) is 11.8 Å². The molecule has 2 amide bonds. The third kappa shape index (κ3) is 3.29. The van der Waals surface area contributed by atoms with Gasteiger partial charge in [-0.15, -0.1) is 0 Å². The quantitative estimate of drug-likeness (QED) is 0.804. The number of carbonyl (C=O) groups excluding carboxylic acids is 2. The number of amides is 2. The predicted octanol–water partition coefficient (Wildman–Crippen LogP) is 1.30. The van der Waals surface area contributed by atoms with Gasteiger partial charge in [-0.3, -0.25) is 9.59 Å². The SMILES string of the molecule is O=C(NCC1(CO)CC1)C1CCCCC1C(=O)N1CCCC1. The van der Waals surface area contributed by atoms with Crippen LogP contribution >= 0.6 is 0 Å². The van der Waals surface area contributed by atoms with Crippen LogP contribution < -0.4 is 5.32 Å². The van der Waals surface area contributed by atoms with Crippen molar-refractivity contribution < 1.29 is 14.7 Å². The van der Waals surface area contributed by atoms with Crippen molar-refractivity contribution in [1.29, 1.82) is 0 Å². The van der Waals surface area contributed by atoms with Gasteiger partial charge < -0.3 is 15.3 Å². The summed E-state index contributed by atoms with van der Waals surface area (Å²) in [6.45, 7) is 2.42. The fourth-order valence-corrected chi connectivity index (χ4v) is 3.89. The zero-order valence-electron chi connectivity index (χ0n) is 13.4. The molecule has 2 aliphatic carbocycles. The fraction of sp³-hybridized carbons (Fsp3) is 0.882. The highest BCUT2D eigenvalue weighted by Gasteiger charge is 2.43. The minimum Gasteiger partial charge on any atom is -0.396 e. The van der Waals surface area contributed by atoms with E-state index in [2.05, 4.69) is 5.32 Å². The van der Waals surface area contributed by atoms with Gasteiger partial charge in [0, 0.05) is 36.9 Å². The van der Waals surface area contributed by atoms with Gasteiger partial charge in [-0.1, -0.05) is 12.8 Å². The summed E-state index contributed by atoms with van der Waals surface area (Å²) in [6, 6.07) is 0. The maximum Gasteiger partial charge on any atom is 0.226 e. The first kappa shape index (κ1) is 15.8. The molecule has 0 radical (unpaired) electrons. The molecule has 22 heavy (non-hydrogen) atoms. The Bertz CT molecular complexity index is 428. The van der Waals surface area contributed by atoms with E-state index >= 15 is 0 Å². The number of likely N-dealkylation sites (tertiary alicyclic amines) is 1. The van der Waals surface area contributed by atoms with Crippen LogP contribution in [0.25, 0.3) is 0 Å². The van der Waals surface area contributed by atoms with Crippen LogP contribution in [0.1, 0.15) is 51.4 Å². The smallest absolute Gasteiger partial charge is 0.226 e. The van der Waals surface area contributed by atoms with Crippen LogP contribution in [-0.4, -0.2) is 48.1 Å². The normalized spacial score (nSPS) is 30.1. The van der Waals surface area contributed by atoms with Gasteiger partial charge in [0.05, 0.1) is 6.61 Å². The number of aliphatic hydroxyl groups is 1. The molecule has 3 rings (SSSR count). The van der Waals surface area contributed by atoms with Crippen molar-refractivity contribution in [2.45, 2.75) is 51.4 Å². The lowest BCUT2D eigenvalue weighted by Gasteiger charge is -2.32. The van der Waals surface area contributed by atoms with Crippen molar-refractivity contribution in [2.24, 2.45) is 17.3 Å². The zero-order valence-corrected chi connectivity index (χ0v) is 13.4. The van der Waals surface area contributed by atoms with E-state index in [0.29, 0.717) is 6.54 Å². The standard InChI is InChI=1S/C17H28N2O3/c20-12-17(7-8-17)11-18-15(21)13-5-1-2-6-14(13)16(22)19-9-3-4-10-19/h13-14,20H,1-12H2,(H,18,21). The molecular formula is C17H28N2O3. The molecule has 1 saturated heterocycles. The van der Waals surface area contributed by atoms with Crippen molar-refractivity contribution in [3.63, 3.8) is 0 Å². The van der Waals surface area contributed by atoms with Gasteiger partial charge >= 0.3 is 0 Å². The van der Waals surface area contributed by atoms with E-state index in [1.54, 1.807) is 0 Å². The Morgan fingerprint density at radius 2 is 1.68 bits per heavy atom. The second-order valence-electron chi connectivity index (χ2n) is 7.41. The van der Waals surface area contributed by atoms with Crippen molar-refractivity contribution in [3.05, 3.63) is 0 Å². The molecule has 2 saturated carbocycles. The third-order valence-electron chi connectivity index (χ3n) is 5.77. The van der Waals surface area contributed by atoms with Crippen LogP contribution in [0.5, 0.6) is 0 Å². The summed E-state index contributed by atoms with van der Waals surface area (Å²) >= 11 is 0. The van der Waals surface area contributed by atoms with E-state index in [1.807, 2.05) is 4.90 Å². The maximum absolute atomic E-state index is 12.7. The first-order valence-electron chi connectivity index (χ1n) is 8.83. The Kier molecular flexibility index (Phi) is 4.71. The van der Waals surface area contributed by atoms with E-state index in [4.69, 9.17) is 0 Å². The topological polar surface area (TPSA) is 69.6 Å². The number of hydrogen-bond donors (Lipinski definition) is 2. The molecular weight excluding hydrogens is 280 g/mol. The first-order chi connectivity index (χ1) is 10.7. The van der Waals surface area contributed by atoms with Crippen LogP contribution in [-0.2, 0) is 9.59 Å². The highest BCUT2D eigenvalue weighted by molar-refractivity contribution is 5.88. The molecule has 5 heteroatoms. The predicted molar refractivity (Wildman–Crippen MR) is 83.0 cm³/mol. The third-order valence-corrected chi connectivity index (χ3v) is 5.77.